The normalized spacial score (nSPS) is 10.4. The number of pyridine rings is 1. The second-order valence-electron chi connectivity index (χ2n) is 3.17. The minimum absolute atomic E-state index is 0.0786. The first kappa shape index (κ1) is 10.6. The van der Waals surface area contributed by atoms with Gasteiger partial charge in [-0.25, -0.2) is 4.98 Å². The highest BCUT2D eigenvalue weighted by Crippen LogP contribution is 2.23. The number of rotatable bonds is 2. The highest BCUT2D eigenvalue weighted by molar-refractivity contribution is 6.29. The van der Waals surface area contributed by atoms with Gasteiger partial charge < -0.3 is 0 Å². The Balaban J connectivity index is 2.53. The van der Waals surface area contributed by atoms with Crippen molar-refractivity contribution in [3.8, 4) is 11.4 Å². The molecule has 0 atom stereocenters. The summed E-state index contributed by atoms with van der Waals surface area (Å²) in [6, 6.07) is 4.25. The maximum atomic E-state index is 10.6. The molecule has 2 rings (SSSR count). The molecule has 0 aliphatic heterocycles. The van der Waals surface area contributed by atoms with Gasteiger partial charge in [-0.2, -0.15) is 5.10 Å². The van der Waals surface area contributed by atoms with E-state index >= 15 is 0 Å². The first-order valence-corrected chi connectivity index (χ1v) is 4.76. The van der Waals surface area contributed by atoms with Gasteiger partial charge in [0.1, 0.15) is 10.8 Å². The summed E-state index contributed by atoms with van der Waals surface area (Å²) < 4.78 is 1.59. The van der Waals surface area contributed by atoms with E-state index in [4.69, 9.17) is 11.6 Å². The third-order valence-corrected chi connectivity index (χ3v) is 2.16. The molecule has 0 N–H and O–H groups in total. The van der Waals surface area contributed by atoms with Gasteiger partial charge in [-0.1, -0.05) is 11.6 Å². The fourth-order valence-corrected chi connectivity index (χ4v) is 1.47. The highest BCUT2D eigenvalue weighted by atomic mass is 35.5. The Morgan fingerprint density at radius 2 is 2.19 bits per heavy atom. The molecule has 2 heterocycles. The Hall–Kier alpha value is -1.95. The molecule has 0 spiro atoms. The summed E-state index contributed by atoms with van der Waals surface area (Å²) in [6.07, 6.45) is 1.73. The van der Waals surface area contributed by atoms with Crippen molar-refractivity contribution < 1.29 is 4.92 Å². The molecule has 0 bridgehead atoms. The van der Waals surface area contributed by atoms with Crippen molar-refractivity contribution in [3.05, 3.63) is 39.7 Å². The molecule has 7 heteroatoms. The second-order valence-corrected chi connectivity index (χ2v) is 3.55. The molecule has 16 heavy (non-hydrogen) atoms. The third-order valence-electron chi connectivity index (χ3n) is 1.97. The minimum atomic E-state index is -0.514. The first-order valence-electron chi connectivity index (χ1n) is 4.38. The van der Waals surface area contributed by atoms with E-state index in [1.807, 2.05) is 0 Å². The lowest BCUT2D eigenvalue weighted by molar-refractivity contribution is -0.384. The molecule has 6 nitrogen and oxygen atoms in total. The lowest BCUT2D eigenvalue weighted by Crippen LogP contribution is -1.93. The summed E-state index contributed by atoms with van der Waals surface area (Å²) in [5, 5.41) is 14.8. The maximum Gasteiger partial charge on any atom is 0.274 e. The van der Waals surface area contributed by atoms with Crippen LogP contribution in [-0.4, -0.2) is 19.7 Å². The van der Waals surface area contributed by atoms with Gasteiger partial charge in [0.25, 0.3) is 5.69 Å². The summed E-state index contributed by atoms with van der Waals surface area (Å²) in [7, 11) is 1.75. The van der Waals surface area contributed by atoms with E-state index in [2.05, 4.69) is 10.1 Å². The van der Waals surface area contributed by atoms with E-state index in [1.165, 1.54) is 12.1 Å². The fourth-order valence-electron chi connectivity index (χ4n) is 1.27. The Kier molecular flexibility index (Phi) is 2.57. The van der Waals surface area contributed by atoms with Gasteiger partial charge in [-0.05, 0) is 6.07 Å². The standard InChI is InChI=1S/C9H7ClN4O2/c1-13-3-2-7(12-13)8-4-6(14(15)16)5-9(10)11-8/h2-5H,1H3. The van der Waals surface area contributed by atoms with E-state index in [9.17, 15) is 10.1 Å². The molecular weight excluding hydrogens is 232 g/mol. The number of hydrogen-bond acceptors (Lipinski definition) is 4. The van der Waals surface area contributed by atoms with Crippen molar-refractivity contribution in [1.82, 2.24) is 14.8 Å². The summed E-state index contributed by atoms with van der Waals surface area (Å²) in [4.78, 5) is 14.1. The van der Waals surface area contributed by atoms with Crippen molar-refractivity contribution >= 4 is 17.3 Å². The Labute approximate surface area is 95.6 Å². The number of halogens is 1. The molecule has 0 amide bonds. The molecular formula is C9H7ClN4O2. The monoisotopic (exact) mass is 238 g/mol. The van der Waals surface area contributed by atoms with Gasteiger partial charge in [0.05, 0.1) is 16.7 Å². The molecule has 2 aromatic rings. The van der Waals surface area contributed by atoms with E-state index < -0.39 is 4.92 Å². The average molecular weight is 239 g/mol. The molecule has 0 fully saturated rings. The number of nitro groups is 1. The van der Waals surface area contributed by atoms with Crippen molar-refractivity contribution in [2.75, 3.05) is 0 Å². The average Bonchev–Trinajstić information content (AvgIpc) is 2.64. The molecule has 0 saturated carbocycles. The molecule has 0 radical (unpaired) electrons. The van der Waals surface area contributed by atoms with Crippen LogP contribution in [0.2, 0.25) is 5.15 Å². The molecule has 0 aliphatic carbocycles. The summed E-state index contributed by atoms with van der Waals surface area (Å²) in [5.41, 5.74) is 0.841. The molecule has 2 aromatic heterocycles. The van der Waals surface area contributed by atoms with Crippen molar-refractivity contribution in [2.24, 2.45) is 7.05 Å². The molecule has 0 unspecified atom stereocenters. The number of nitrogens with zero attached hydrogens (tertiary/aromatic N) is 4. The topological polar surface area (TPSA) is 73.8 Å². The predicted octanol–water partition coefficient (Wildman–Crippen LogP) is 2.04. The predicted molar refractivity (Wildman–Crippen MR) is 58.1 cm³/mol. The number of aromatic nitrogens is 3. The summed E-state index contributed by atoms with van der Waals surface area (Å²) in [5.74, 6) is 0. The van der Waals surface area contributed by atoms with Gasteiger partial charge in [0, 0.05) is 19.3 Å². The zero-order valence-electron chi connectivity index (χ0n) is 8.29. The van der Waals surface area contributed by atoms with Crippen LogP contribution in [0.4, 0.5) is 5.69 Å². The van der Waals surface area contributed by atoms with Gasteiger partial charge in [-0.3, -0.25) is 14.8 Å². The Bertz CT molecular complexity index is 552. The van der Waals surface area contributed by atoms with Crippen molar-refractivity contribution in [3.63, 3.8) is 0 Å². The Morgan fingerprint density at radius 1 is 1.44 bits per heavy atom. The lowest BCUT2D eigenvalue weighted by Gasteiger charge is -1.97. The van der Waals surface area contributed by atoms with Crippen LogP contribution in [0.1, 0.15) is 0 Å². The molecule has 0 aliphatic rings. The van der Waals surface area contributed by atoms with Crippen LogP contribution in [0.3, 0.4) is 0 Å². The van der Waals surface area contributed by atoms with E-state index in [-0.39, 0.29) is 10.8 Å². The highest BCUT2D eigenvalue weighted by Gasteiger charge is 2.12. The van der Waals surface area contributed by atoms with Crippen LogP contribution in [0.5, 0.6) is 0 Å². The van der Waals surface area contributed by atoms with Gasteiger partial charge >= 0.3 is 0 Å². The van der Waals surface area contributed by atoms with Gasteiger partial charge in [0.15, 0.2) is 0 Å². The number of aryl methyl sites for hydroxylation is 1. The van der Waals surface area contributed by atoms with Crippen LogP contribution < -0.4 is 0 Å². The smallest absolute Gasteiger partial charge is 0.274 e. The Morgan fingerprint density at radius 3 is 2.75 bits per heavy atom. The third kappa shape index (κ3) is 2.01. The van der Waals surface area contributed by atoms with Gasteiger partial charge in [0.2, 0.25) is 0 Å². The van der Waals surface area contributed by atoms with Crippen LogP contribution in [0, 0.1) is 10.1 Å². The van der Waals surface area contributed by atoms with Crippen molar-refractivity contribution in [1.29, 1.82) is 0 Å². The van der Waals surface area contributed by atoms with Crippen molar-refractivity contribution in [2.45, 2.75) is 0 Å². The maximum absolute atomic E-state index is 10.6. The van der Waals surface area contributed by atoms with E-state index in [1.54, 1.807) is 24.0 Å². The molecule has 82 valence electrons. The minimum Gasteiger partial charge on any atom is -0.275 e. The zero-order chi connectivity index (χ0) is 11.7. The van der Waals surface area contributed by atoms with E-state index in [0.29, 0.717) is 11.4 Å². The lowest BCUT2D eigenvalue weighted by atomic mass is 10.2. The first-order chi connectivity index (χ1) is 7.56. The fraction of sp³-hybridized carbons (Fsp3) is 0.111. The van der Waals surface area contributed by atoms with Gasteiger partial charge in [-0.15, -0.1) is 0 Å². The van der Waals surface area contributed by atoms with Crippen LogP contribution >= 0.6 is 11.6 Å². The van der Waals surface area contributed by atoms with Crippen LogP contribution in [-0.2, 0) is 7.05 Å². The number of hydrogen-bond donors (Lipinski definition) is 0. The summed E-state index contributed by atoms with van der Waals surface area (Å²) in [6.45, 7) is 0. The largest absolute Gasteiger partial charge is 0.275 e. The van der Waals surface area contributed by atoms with Crippen LogP contribution in [0.25, 0.3) is 11.4 Å². The SMILES string of the molecule is Cn1ccc(-c2cc([N+](=O)[O-])cc(Cl)n2)n1. The van der Waals surface area contributed by atoms with Crippen LogP contribution in [0.15, 0.2) is 24.4 Å². The summed E-state index contributed by atoms with van der Waals surface area (Å²) >= 11 is 5.70. The van der Waals surface area contributed by atoms with E-state index in [0.717, 1.165) is 0 Å². The zero-order valence-corrected chi connectivity index (χ0v) is 9.05. The molecule has 0 saturated heterocycles. The second kappa shape index (κ2) is 3.90. The quantitative estimate of drug-likeness (QED) is 0.456. The molecule has 0 aromatic carbocycles.